The summed E-state index contributed by atoms with van der Waals surface area (Å²) >= 11 is 0. The van der Waals surface area contributed by atoms with Crippen molar-refractivity contribution in [1.29, 1.82) is 0 Å². The van der Waals surface area contributed by atoms with Gasteiger partial charge in [0.15, 0.2) is 5.69 Å². The zero-order valence-electron chi connectivity index (χ0n) is 15.2. The van der Waals surface area contributed by atoms with Crippen LogP contribution in [0.3, 0.4) is 0 Å². The molecular weight excluding hydrogens is 395 g/mol. The average molecular weight is 409 g/mol. The van der Waals surface area contributed by atoms with Crippen molar-refractivity contribution in [2.45, 2.75) is 13.1 Å². The van der Waals surface area contributed by atoms with E-state index in [1.807, 2.05) is 0 Å². The van der Waals surface area contributed by atoms with Crippen LogP contribution >= 0.6 is 0 Å². The van der Waals surface area contributed by atoms with E-state index in [2.05, 4.69) is 15.1 Å². The number of benzene rings is 1. The summed E-state index contributed by atoms with van der Waals surface area (Å²) in [5.41, 5.74) is -1.41. The van der Waals surface area contributed by atoms with Crippen LogP contribution in [-0.2, 0) is 6.18 Å². The first-order valence-corrected chi connectivity index (χ1v) is 8.21. The molecule has 0 N–H and O–H groups in total. The summed E-state index contributed by atoms with van der Waals surface area (Å²) in [6, 6.07) is 6.98. The normalized spacial score (nSPS) is 11.3. The van der Waals surface area contributed by atoms with Crippen molar-refractivity contribution >= 4 is 5.69 Å². The first-order chi connectivity index (χ1) is 13.7. The van der Waals surface area contributed by atoms with Crippen molar-refractivity contribution in [2.75, 3.05) is 13.7 Å². The molecule has 29 heavy (non-hydrogen) atoms. The molecule has 0 aliphatic rings. The van der Waals surface area contributed by atoms with E-state index in [9.17, 15) is 23.3 Å². The number of nitro groups is 1. The lowest BCUT2D eigenvalue weighted by Crippen LogP contribution is -2.13. The van der Waals surface area contributed by atoms with Crippen LogP contribution < -0.4 is 9.47 Å². The van der Waals surface area contributed by atoms with Crippen molar-refractivity contribution in [3.63, 3.8) is 0 Å². The maximum atomic E-state index is 13.4. The minimum atomic E-state index is -4.76. The Labute approximate surface area is 161 Å². The van der Waals surface area contributed by atoms with Gasteiger partial charge in [-0.1, -0.05) is 0 Å². The number of hydrogen-bond acceptors (Lipinski definition) is 7. The maximum Gasteiger partial charge on any atom is 0.433 e. The number of methoxy groups -OCH3 is 1. The molecule has 9 nitrogen and oxygen atoms in total. The van der Waals surface area contributed by atoms with E-state index in [0.717, 1.165) is 16.9 Å². The third-order valence-electron chi connectivity index (χ3n) is 3.74. The van der Waals surface area contributed by atoms with Crippen molar-refractivity contribution < 1.29 is 27.6 Å². The van der Waals surface area contributed by atoms with E-state index in [-0.39, 0.29) is 18.2 Å². The van der Waals surface area contributed by atoms with E-state index < -0.39 is 28.4 Å². The Morgan fingerprint density at radius 3 is 2.45 bits per heavy atom. The lowest BCUT2D eigenvalue weighted by molar-refractivity contribution is -0.385. The zero-order valence-corrected chi connectivity index (χ0v) is 15.2. The fraction of sp³-hybridized carbons (Fsp3) is 0.235. The maximum absolute atomic E-state index is 13.4. The lowest BCUT2D eigenvalue weighted by atomic mass is 10.1. The van der Waals surface area contributed by atoms with E-state index >= 15 is 0 Å². The van der Waals surface area contributed by atoms with E-state index in [1.54, 1.807) is 19.1 Å². The fourth-order valence-corrected chi connectivity index (χ4v) is 2.41. The van der Waals surface area contributed by atoms with Gasteiger partial charge in [-0.3, -0.25) is 10.1 Å². The van der Waals surface area contributed by atoms with Crippen LogP contribution in [0.5, 0.6) is 11.6 Å². The molecule has 0 aliphatic heterocycles. The monoisotopic (exact) mass is 409 g/mol. The van der Waals surface area contributed by atoms with Gasteiger partial charge in [-0.25, -0.2) is 9.97 Å². The number of hydrogen-bond donors (Lipinski definition) is 0. The number of ether oxygens (including phenoxy) is 2. The van der Waals surface area contributed by atoms with Crippen LogP contribution in [0.15, 0.2) is 36.5 Å². The predicted molar refractivity (Wildman–Crippen MR) is 94.0 cm³/mol. The Balaban J connectivity index is 2.16. The second-order valence-corrected chi connectivity index (χ2v) is 5.62. The highest BCUT2D eigenvalue weighted by Crippen LogP contribution is 2.32. The molecular formula is C17H14F3N5O4. The van der Waals surface area contributed by atoms with Gasteiger partial charge in [0.1, 0.15) is 11.9 Å². The van der Waals surface area contributed by atoms with Crippen LogP contribution in [0.4, 0.5) is 18.9 Å². The highest BCUT2D eigenvalue weighted by atomic mass is 19.4. The molecule has 0 saturated heterocycles. The smallest absolute Gasteiger partial charge is 0.433 e. The summed E-state index contributed by atoms with van der Waals surface area (Å²) in [5, 5.41) is 15.0. The molecule has 0 aliphatic carbocycles. The Morgan fingerprint density at radius 1 is 1.21 bits per heavy atom. The SMILES string of the molecule is CCOc1nn(-c2nc(-c3ccc(OC)cc3)cc(C(F)(F)F)n2)cc1[N+](=O)[O-]. The largest absolute Gasteiger partial charge is 0.497 e. The second-order valence-electron chi connectivity index (χ2n) is 5.62. The summed E-state index contributed by atoms with van der Waals surface area (Å²) in [6.07, 6.45) is -3.86. The Bertz CT molecular complexity index is 1030. The Kier molecular flexibility index (Phi) is 5.35. The lowest BCUT2D eigenvalue weighted by Gasteiger charge is -2.10. The molecule has 0 bridgehead atoms. The molecule has 0 radical (unpaired) electrons. The van der Waals surface area contributed by atoms with Crippen LogP contribution in [0.2, 0.25) is 0 Å². The van der Waals surface area contributed by atoms with Crippen molar-refractivity contribution in [3.05, 3.63) is 52.3 Å². The molecule has 152 valence electrons. The molecule has 0 atom stereocenters. The molecule has 0 amide bonds. The highest BCUT2D eigenvalue weighted by Gasteiger charge is 2.34. The molecule has 2 heterocycles. The average Bonchev–Trinajstić information content (AvgIpc) is 3.12. The van der Waals surface area contributed by atoms with Crippen molar-refractivity contribution in [2.24, 2.45) is 0 Å². The van der Waals surface area contributed by atoms with Gasteiger partial charge in [0.2, 0.25) is 0 Å². The third kappa shape index (κ3) is 4.25. The molecule has 12 heteroatoms. The predicted octanol–water partition coefficient (Wildman–Crippen LogP) is 3.66. The van der Waals surface area contributed by atoms with Gasteiger partial charge in [-0.05, 0) is 37.3 Å². The Morgan fingerprint density at radius 2 is 1.90 bits per heavy atom. The molecule has 3 rings (SSSR count). The summed E-state index contributed by atoms with van der Waals surface area (Å²) in [7, 11) is 1.46. The molecule has 2 aromatic heterocycles. The van der Waals surface area contributed by atoms with Gasteiger partial charge in [0.25, 0.3) is 5.95 Å². The van der Waals surface area contributed by atoms with Gasteiger partial charge in [0, 0.05) is 5.56 Å². The molecule has 0 saturated carbocycles. The number of rotatable bonds is 6. The molecule has 0 fully saturated rings. The highest BCUT2D eigenvalue weighted by molar-refractivity contribution is 5.61. The Hall–Kier alpha value is -3.70. The van der Waals surface area contributed by atoms with Crippen LogP contribution in [0, 0.1) is 10.1 Å². The standard InChI is InChI=1S/C17H14F3N5O4/c1-3-29-15-13(25(26)27)9-24(23-15)16-21-12(8-14(22-16)17(18,19)20)10-4-6-11(28-2)7-5-10/h4-9H,3H2,1-2H3. The fourth-order valence-electron chi connectivity index (χ4n) is 2.41. The summed E-state index contributed by atoms with van der Waals surface area (Å²) < 4.78 is 51.0. The number of alkyl halides is 3. The van der Waals surface area contributed by atoms with E-state index in [0.29, 0.717) is 11.3 Å². The van der Waals surface area contributed by atoms with Crippen molar-refractivity contribution in [3.8, 4) is 28.8 Å². The van der Waals surface area contributed by atoms with Crippen molar-refractivity contribution in [1.82, 2.24) is 19.7 Å². The van der Waals surface area contributed by atoms with Crippen LogP contribution in [0.1, 0.15) is 12.6 Å². The number of halogens is 3. The molecule has 3 aromatic rings. The number of nitrogens with zero attached hydrogens (tertiary/aromatic N) is 5. The summed E-state index contributed by atoms with van der Waals surface area (Å²) in [5.74, 6) is -0.313. The first kappa shape index (κ1) is 20.0. The van der Waals surface area contributed by atoms with Gasteiger partial charge in [-0.2, -0.15) is 17.9 Å². The molecule has 0 unspecified atom stereocenters. The second kappa shape index (κ2) is 7.73. The topological polar surface area (TPSA) is 105 Å². The first-order valence-electron chi connectivity index (χ1n) is 8.21. The van der Waals surface area contributed by atoms with E-state index in [1.165, 1.54) is 19.2 Å². The zero-order chi connectivity index (χ0) is 21.2. The van der Waals surface area contributed by atoms with Gasteiger partial charge in [0.05, 0.1) is 24.3 Å². The quantitative estimate of drug-likeness (QED) is 0.452. The van der Waals surface area contributed by atoms with Crippen LogP contribution in [0.25, 0.3) is 17.2 Å². The molecule has 1 aromatic carbocycles. The third-order valence-corrected chi connectivity index (χ3v) is 3.74. The van der Waals surface area contributed by atoms with Gasteiger partial charge >= 0.3 is 17.7 Å². The van der Waals surface area contributed by atoms with E-state index in [4.69, 9.17) is 9.47 Å². The summed E-state index contributed by atoms with van der Waals surface area (Å²) in [4.78, 5) is 18.0. The van der Waals surface area contributed by atoms with Gasteiger partial charge in [-0.15, -0.1) is 5.10 Å². The summed E-state index contributed by atoms with van der Waals surface area (Å²) in [6.45, 7) is 1.67. The minimum absolute atomic E-state index is 0.0407. The van der Waals surface area contributed by atoms with Crippen LogP contribution in [-0.4, -0.2) is 38.4 Å². The molecule has 0 spiro atoms. The number of aromatic nitrogens is 4. The van der Waals surface area contributed by atoms with Gasteiger partial charge < -0.3 is 9.47 Å². The minimum Gasteiger partial charge on any atom is -0.497 e.